The van der Waals surface area contributed by atoms with Gasteiger partial charge in [-0.25, -0.2) is 0 Å². The molecular formula is C15H29N. The summed E-state index contributed by atoms with van der Waals surface area (Å²) in [5.41, 5.74) is 0. The molecule has 1 N–H and O–H groups in total. The summed E-state index contributed by atoms with van der Waals surface area (Å²) in [5, 5.41) is 3.72. The summed E-state index contributed by atoms with van der Waals surface area (Å²) in [4.78, 5) is 0. The molecule has 0 bridgehead atoms. The molecule has 0 heterocycles. The van der Waals surface area contributed by atoms with Crippen molar-refractivity contribution in [1.29, 1.82) is 0 Å². The molecule has 0 saturated heterocycles. The van der Waals surface area contributed by atoms with E-state index in [1.165, 1.54) is 64.3 Å². The lowest BCUT2D eigenvalue weighted by molar-refractivity contribution is 0.285. The highest BCUT2D eigenvalue weighted by Crippen LogP contribution is 2.26. The Bertz CT molecular complexity index is 168. The van der Waals surface area contributed by atoms with Gasteiger partial charge in [0.1, 0.15) is 0 Å². The fraction of sp³-hybridized carbons (Fsp3) is 0.867. The standard InChI is InChI=1S/C15H29N/c1-3-5-6-7-8-13-16-15-11-9-14(4-2)10-12-15/h3,14-16H,1,4-13H2,2H3. The number of rotatable bonds is 8. The zero-order valence-electron chi connectivity index (χ0n) is 11.0. The van der Waals surface area contributed by atoms with Gasteiger partial charge in [0.25, 0.3) is 0 Å². The van der Waals surface area contributed by atoms with Gasteiger partial charge in [-0.3, -0.25) is 0 Å². The Morgan fingerprint density at radius 1 is 1.12 bits per heavy atom. The predicted octanol–water partition coefficient (Wildman–Crippen LogP) is 4.29. The van der Waals surface area contributed by atoms with Crippen LogP contribution in [0.15, 0.2) is 12.7 Å². The third-order valence-corrected chi connectivity index (χ3v) is 3.94. The second kappa shape index (κ2) is 8.81. The monoisotopic (exact) mass is 223 g/mol. The molecule has 1 fully saturated rings. The van der Waals surface area contributed by atoms with Crippen molar-refractivity contribution in [3.8, 4) is 0 Å². The number of nitrogens with one attached hydrogen (secondary N) is 1. The summed E-state index contributed by atoms with van der Waals surface area (Å²) < 4.78 is 0. The van der Waals surface area contributed by atoms with Crippen molar-refractivity contribution in [2.45, 2.75) is 70.8 Å². The summed E-state index contributed by atoms with van der Waals surface area (Å²) in [6.45, 7) is 7.30. The van der Waals surface area contributed by atoms with Crippen LogP contribution in [0.3, 0.4) is 0 Å². The summed E-state index contributed by atoms with van der Waals surface area (Å²) in [6.07, 6.45) is 14.3. The third-order valence-electron chi connectivity index (χ3n) is 3.94. The maximum absolute atomic E-state index is 3.75. The molecule has 0 aromatic carbocycles. The summed E-state index contributed by atoms with van der Waals surface area (Å²) in [6, 6.07) is 0.821. The highest BCUT2D eigenvalue weighted by atomic mass is 14.9. The molecule has 94 valence electrons. The van der Waals surface area contributed by atoms with E-state index < -0.39 is 0 Å². The zero-order valence-corrected chi connectivity index (χ0v) is 11.0. The van der Waals surface area contributed by atoms with Crippen molar-refractivity contribution in [3.63, 3.8) is 0 Å². The molecule has 1 aliphatic carbocycles. The minimum atomic E-state index is 0.821. The molecule has 0 spiro atoms. The van der Waals surface area contributed by atoms with Gasteiger partial charge in [-0.05, 0) is 57.4 Å². The first kappa shape index (κ1) is 13.8. The van der Waals surface area contributed by atoms with Crippen molar-refractivity contribution < 1.29 is 0 Å². The first-order valence-corrected chi connectivity index (χ1v) is 7.21. The van der Waals surface area contributed by atoms with Gasteiger partial charge in [0.15, 0.2) is 0 Å². The lowest BCUT2D eigenvalue weighted by Gasteiger charge is -2.28. The molecular weight excluding hydrogens is 194 g/mol. The van der Waals surface area contributed by atoms with E-state index in [2.05, 4.69) is 18.8 Å². The second-order valence-electron chi connectivity index (χ2n) is 5.22. The topological polar surface area (TPSA) is 12.0 Å². The predicted molar refractivity (Wildman–Crippen MR) is 72.7 cm³/mol. The minimum absolute atomic E-state index is 0.821. The molecule has 0 aromatic rings. The Morgan fingerprint density at radius 2 is 1.88 bits per heavy atom. The van der Waals surface area contributed by atoms with Gasteiger partial charge in [-0.15, -0.1) is 6.58 Å². The van der Waals surface area contributed by atoms with Gasteiger partial charge in [-0.2, -0.15) is 0 Å². The molecule has 1 heteroatoms. The Kier molecular flexibility index (Phi) is 7.58. The molecule has 0 unspecified atom stereocenters. The van der Waals surface area contributed by atoms with Crippen LogP contribution in [0.25, 0.3) is 0 Å². The lowest BCUT2D eigenvalue weighted by Crippen LogP contribution is -2.33. The van der Waals surface area contributed by atoms with Gasteiger partial charge >= 0.3 is 0 Å². The summed E-state index contributed by atoms with van der Waals surface area (Å²) in [7, 11) is 0. The normalized spacial score (nSPS) is 25.6. The van der Waals surface area contributed by atoms with Crippen molar-refractivity contribution in [1.82, 2.24) is 5.32 Å². The fourth-order valence-corrected chi connectivity index (χ4v) is 2.67. The molecule has 16 heavy (non-hydrogen) atoms. The SMILES string of the molecule is C=CCCCCCNC1CCC(CC)CC1. The van der Waals surface area contributed by atoms with Gasteiger partial charge in [0.2, 0.25) is 0 Å². The molecule has 1 aliphatic rings. The van der Waals surface area contributed by atoms with E-state index in [4.69, 9.17) is 0 Å². The first-order valence-electron chi connectivity index (χ1n) is 7.21. The Hall–Kier alpha value is -0.300. The highest BCUT2D eigenvalue weighted by molar-refractivity contribution is 4.76. The second-order valence-corrected chi connectivity index (χ2v) is 5.22. The van der Waals surface area contributed by atoms with E-state index in [0.717, 1.165) is 12.0 Å². The largest absolute Gasteiger partial charge is 0.314 e. The van der Waals surface area contributed by atoms with Crippen molar-refractivity contribution in [2.24, 2.45) is 5.92 Å². The van der Waals surface area contributed by atoms with Crippen LogP contribution in [0.4, 0.5) is 0 Å². The van der Waals surface area contributed by atoms with Crippen molar-refractivity contribution in [3.05, 3.63) is 12.7 Å². The molecule has 1 rings (SSSR count). The summed E-state index contributed by atoms with van der Waals surface area (Å²) in [5.74, 6) is 1.02. The highest BCUT2D eigenvalue weighted by Gasteiger charge is 2.18. The van der Waals surface area contributed by atoms with Gasteiger partial charge < -0.3 is 5.32 Å². The smallest absolute Gasteiger partial charge is 0.00672 e. The van der Waals surface area contributed by atoms with E-state index in [1.54, 1.807) is 0 Å². The van der Waals surface area contributed by atoms with E-state index in [1.807, 2.05) is 6.08 Å². The van der Waals surface area contributed by atoms with E-state index in [9.17, 15) is 0 Å². The number of hydrogen-bond donors (Lipinski definition) is 1. The van der Waals surface area contributed by atoms with Crippen LogP contribution < -0.4 is 5.32 Å². The molecule has 0 radical (unpaired) electrons. The maximum Gasteiger partial charge on any atom is 0.00672 e. The fourth-order valence-electron chi connectivity index (χ4n) is 2.67. The van der Waals surface area contributed by atoms with Crippen LogP contribution in [0.5, 0.6) is 0 Å². The zero-order chi connectivity index (χ0) is 11.6. The van der Waals surface area contributed by atoms with Crippen LogP contribution in [-0.4, -0.2) is 12.6 Å². The van der Waals surface area contributed by atoms with Crippen LogP contribution >= 0.6 is 0 Å². The van der Waals surface area contributed by atoms with Crippen LogP contribution in [0.1, 0.15) is 64.7 Å². The number of hydrogen-bond acceptors (Lipinski definition) is 1. The van der Waals surface area contributed by atoms with Gasteiger partial charge in [-0.1, -0.05) is 25.8 Å². The quantitative estimate of drug-likeness (QED) is 0.478. The van der Waals surface area contributed by atoms with Crippen LogP contribution in [0.2, 0.25) is 0 Å². The molecule has 1 saturated carbocycles. The lowest BCUT2D eigenvalue weighted by atomic mass is 9.84. The Morgan fingerprint density at radius 3 is 2.50 bits per heavy atom. The van der Waals surface area contributed by atoms with Crippen molar-refractivity contribution in [2.75, 3.05) is 6.54 Å². The number of unbranched alkanes of at least 4 members (excludes halogenated alkanes) is 3. The number of allylic oxidation sites excluding steroid dienone is 1. The molecule has 0 aliphatic heterocycles. The molecule has 0 atom stereocenters. The van der Waals surface area contributed by atoms with Gasteiger partial charge in [0.05, 0.1) is 0 Å². The van der Waals surface area contributed by atoms with Crippen molar-refractivity contribution >= 4 is 0 Å². The average Bonchev–Trinajstić information content (AvgIpc) is 2.34. The van der Waals surface area contributed by atoms with Gasteiger partial charge in [0, 0.05) is 6.04 Å². The summed E-state index contributed by atoms with van der Waals surface area (Å²) >= 11 is 0. The molecule has 1 nitrogen and oxygen atoms in total. The average molecular weight is 223 g/mol. The Balaban J connectivity index is 1.92. The third kappa shape index (κ3) is 5.69. The van der Waals surface area contributed by atoms with E-state index in [0.29, 0.717) is 0 Å². The molecule has 0 aromatic heterocycles. The van der Waals surface area contributed by atoms with E-state index >= 15 is 0 Å². The Labute approximate surface area is 102 Å². The maximum atomic E-state index is 3.75. The molecule has 0 amide bonds. The van der Waals surface area contributed by atoms with Crippen LogP contribution in [-0.2, 0) is 0 Å². The minimum Gasteiger partial charge on any atom is -0.314 e. The van der Waals surface area contributed by atoms with E-state index in [-0.39, 0.29) is 0 Å². The first-order chi connectivity index (χ1) is 7.86. The van der Waals surface area contributed by atoms with Crippen LogP contribution in [0, 0.1) is 5.92 Å².